The SMILES string of the molecule is N#Cc1c(NC(=O)C(=O)N/N=C/c2ccc(OC(=O)c3ccc(Cl)cc3)cc2)sc2c1CCCC2. The van der Waals surface area contributed by atoms with Crippen LogP contribution in [0.3, 0.4) is 0 Å². The van der Waals surface area contributed by atoms with Crippen LogP contribution in [0, 0.1) is 11.3 Å². The Labute approximate surface area is 210 Å². The molecule has 2 aromatic carbocycles. The first-order valence-electron chi connectivity index (χ1n) is 10.7. The number of ether oxygens (including phenoxy) is 1. The minimum atomic E-state index is -0.954. The lowest BCUT2D eigenvalue weighted by Crippen LogP contribution is -2.32. The Morgan fingerprint density at radius 1 is 1.03 bits per heavy atom. The van der Waals surface area contributed by atoms with Gasteiger partial charge in [0, 0.05) is 9.90 Å². The second kappa shape index (κ2) is 11.0. The standard InChI is InChI=1S/C25H19ClN4O4S/c26-17-9-7-16(8-10-17)25(33)34-18-11-5-15(6-12-18)14-28-30-23(32)22(31)29-24-20(13-27)19-3-1-2-4-21(19)35-24/h5-12,14H,1-4H2,(H,29,31)(H,30,32)/b28-14+. The number of fused-ring (bicyclic) bond motifs is 1. The maximum Gasteiger partial charge on any atom is 0.343 e. The minimum absolute atomic E-state index is 0.331. The fraction of sp³-hybridized carbons (Fsp3) is 0.160. The van der Waals surface area contributed by atoms with E-state index in [1.165, 1.54) is 17.6 Å². The zero-order valence-corrected chi connectivity index (χ0v) is 19.9. The highest BCUT2D eigenvalue weighted by Gasteiger charge is 2.23. The molecule has 4 rings (SSSR count). The van der Waals surface area contributed by atoms with Crippen LogP contribution < -0.4 is 15.5 Å². The molecule has 1 heterocycles. The highest BCUT2D eigenvalue weighted by Crippen LogP contribution is 2.37. The summed E-state index contributed by atoms with van der Waals surface area (Å²) in [4.78, 5) is 37.6. The molecule has 2 N–H and O–H groups in total. The third-order valence-corrected chi connectivity index (χ3v) is 6.73. The number of benzene rings is 2. The smallest absolute Gasteiger partial charge is 0.343 e. The summed E-state index contributed by atoms with van der Waals surface area (Å²) in [5.41, 5.74) is 4.55. The molecule has 0 atom stereocenters. The summed E-state index contributed by atoms with van der Waals surface area (Å²) in [5.74, 6) is -2.04. The highest BCUT2D eigenvalue weighted by molar-refractivity contribution is 7.16. The molecular weight excluding hydrogens is 488 g/mol. The lowest BCUT2D eigenvalue weighted by atomic mass is 9.96. The van der Waals surface area contributed by atoms with E-state index in [-0.39, 0.29) is 0 Å². The van der Waals surface area contributed by atoms with Crippen molar-refractivity contribution in [2.45, 2.75) is 25.7 Å². The van der Waals surface area contributed by atoms with Crippen molar-refractivity contribution >= 4 is 51.9 Å². The molecule has 8 nitrogen and oxygen atoms in total. The van der Waals surface area contributed by atoms with Gasteiger partial charge >= 0.3 is 17.8 Å². The Bertz CT molecular complexity index is 1340. The van der Waals surface area contributed by atoms with Crippen molar-refractivity contribution in [2.75, 3.05) is 5.32 Å². The third-order valence-electron chi connectivity index (χ3n) is 5.27. The molecule has 0 spiro atoms. The third kappa shape index (κ3) is 5.93. The van der Waals surface area contributed by atoms with E-state index in [9.17, 15) is 19.6 Å². The number of carbonyl (C=O) groups is 3. The van der Waals surface area contributed by atoms with Gasteiger partial charge in [0.2, 0.25) is 0 Å². The normalized spacial score (nSPS) is 12.5. The molecular formula is C25H19ClN4O4S. The van der Waals surface area contributed by atoms with Gasteiger partial charge in [0.1, 0.15) is 16.8 Å². The van der Waals surface area contributed by atoms with Gasteiger partial charge in [0.15, 0.2) is 0 Å². The number of anilines is 1. The largest absolute Gasteiger partial charge is 0.423 e. The van der Waals surface area contributed by atoms with E-state index in [2.05, 4.69) is 21.9 Å². The van der Waals surface area contributed by atoms with Crippen LogP contribution in [0.1, 0.15) is 44.8 Å². The number of aryl methyl sites for hydroxylation is 1. The molecule has 3 aromatic rings. The van der Waals surface area contributed by atoms with E-state index in [0.29, 0.717) is 32.5 Å². The number of nitriles is 1. The number of nitrogens with one attached hydrogen (secondary N) is 2. The number of rotatable bonds is 5. The first kappa shape index (κ1) is 24.1. The topological polar surface area (TPSA) is 121 Å². The first-order valence-corrected chi connectivity index (χ1v) is 11.9. The van der Waals surface area contributed by atoms with Crippen LogP contribution in [0.15, 0.2) is 53.6 Å². The zero-order chi connectivity index (χ0) is 24.8. The average molecular weight is 507 g/mol. The molecule has 0 fully saturated rings. The van der Waals surface area contributed by atoms with Gasteiger partial charge in [-0.05, 0) is 85.3 Å². The molecule has 1 aliphatic rings. The van der Waals surface area contributed by atoms with Crippen molar-refractivity contribution in [3.05, 3.63) is 80.7 Å². The number of hydrazone groups is 1. The molecule has 1 aliphatic carbocycles. The molecule has 0 radical (unpaired) electrons. The van der Waals surface area contributed by atoms with Gasteiger partial charge < -0.3 is 10.1 Å². The molecule has 2 amide bonds. The van der Waals surface area contributed by atoms with Gasteiger partial charge in [-0.1, -0.05) is 11.6 Å². The summed E-state index contributed by atoms with van der Waals surface area (Å²) in [6.45, 7) is 0. The average Bonchev–Trinajstić information content (AvgIpc) is 3.22. The maximum atomic E-state index is 12.3. The number of thiophene rings is 1. The molecule has 1 aromatic heterocycles. The summed E-state index contributed by atoms with van der Waals surface area (Å²) < 4.78 is 5.30. The lowest BCUT2D eigenvalue weighted by Gasteiger charge is -2.09. The van der Waals surface area contributed by atoms with Crippen LogP contribution in [0.25, 0.3) is 0 Å². The number of hydrogen-bond acceptors (Lipinski definition) is 7. The van der Waals surface area contributed by atoms with E-state index >= 15 is 0 Å². The van der Waals surface area contributed by atoms with Crippen LogP contribution in [0.2, 0.25) is 5.02 Å². The van der Waals surface area contributed by atoms with E-state index in [4.69, 9.17) is 16.3 Å². The molecule has 35 heavy (non-hydrogen) atoms. The van der Waals surface area contributed by atoms with Crippen LogP contribution in [-0.4, -0.2) is 24.0 Å². The van der Waals surface area contributed by atoms with Crippen molar-refractivity contribution in [3.8, 4) is 11.8 Å². The van der Waals surface area contributed by atoms with E-state index < -0.39 is 17.8 Å². The van der Waals surface area contributed by atoms with Crippen molar-refractivity contribution in [2.24, 2.45) is 5.10 Å². The molecule has 0 unspecified atom stereocenters. The maximum absolute atomic E-state index is 12.3. The van der Waals surface area contributed by atoms with Gasteiger partial charge in [-0.2, -0.15) is 10.4 Å². The number of hydrogen-bond donors (Lipinski definition) is 2. The van der Waals surface area contributed by atoms with Crippen LogP contribution in [-0.2, 0) is 22.4 Å². The minimum Gasteiger partial charge on any atom is -0.423 e. The first-order chi connectivity index (χ1) is 16.9. The second-order valence-electron chi connectivity index (χ2n) is 7.65. The van der Waals surface area contributed by atoms with Gasteiger partial charge in [-0.15, -0.1) is 11.3 Å². The zero-order valence-electron chi connectivity index (χ0n) is 18.3. The monoisotopic (exact) mass is 506 g/mol. The Kier molecular flexibility index (Phi) is 7.55. The van der Waals surface area contributed by atoms with Crippen molar-refractivity contribution in [3.63, 3.8) is 0 Å². The molecule has 0 saturated heterocycles. The van der Waals surface area contributed by atoms with Gasteiger partial charge in [-0.3, -0.25) is 9.59 Å². The quantitative estimate of drug-likeness (QED) is 0.174. The van der Waals surface area contributed by atoms with Gasteiger partial charge in [-0.25, -0.2) is 10.2 Å². The van der Waals surface area contributed by atoms with Crippen molar-refractivity contribution in [1.82, 2.24) is 5.43 Å². The lowest BCUT2D eigenvalue weighted by molar-refractivity contribution is -0.136. The fourth-order valence-corrected chi connectivity index (χ4v) is 4.88. The summed E-state index contributed by atoms with van der Waals surface area (Å²) in [6.07, 6.45) is 5.08. The summed E-state index contributed by atoms with van der Waals surface area (Å²) in [7, 11) is 0. The van der Waals surface area contributed by atoms with Gasteiger partial charge in [0.25, 0.3) is 0 Å². The predicted molar refractivity (Wildman–Crippen MR) is 133 cm³/mol. The predicted octanol–water partition coefficient (Wildman–Crippen LogP) is 4.46. The Balaban J connectivity index is 1.30. The number of esters is 1. The van der Waals surface area contributed by atoms with Crippen molar-refractivity contribution < 1.29 is 19.1 Å². The molecule has 10 heteroatoms. The van der Waals surface area contributed by atoms with E-state index in [1.807, 2.05) is 0 Å². The highest BCUT2D eigenvalue weighted by atomic mass is 35.5. The number of carbonyl (C=O) groups excluding carboxylic acids is 3. The van der Waals surface area contributed by atoms with Crippen LogP contribution in [0.5, 0.6) is 5.75 Å². The molecule has 0 saturated carbocycles. The molecule has 0 bridgehead atoms. The van der Waals surface area contributed by atoms with Crippen LogP contribution in [0.4, 0.5) is 5.00 Å². The van der Waals surface area contributed by atoms with Crippen LogP contribution >= 0.6 is 22.9 Å². The van der Waals surface area contributed by atoms with E-state index in [0.717, 1.165) is 36.1 Å². The number of nitrogens with zero attached hydrogens (tertiary/aromatic N) is 2. The van der Waals surface area contributed by atoms with Gasteiger partial charge in [0.05, 0.1) is 17.3 Å². The Morgan fingerprint density at radius 3 is 2.46 bits per heavy atom. The second-order valence-corrected chi connectivity index (χ2v) is 9.19. The van der Waals surface area contributed by atoms with E-state index in [1.54, 1.807) is 48.5 Å². The summed E-state index contributed by atoms with van der Waals surface area (Å²) >= 11 is 7.16. The fourth-order valence-electron chi connectivity index (χ4n) is 3.52. The number of halogens is 1. The summed E-state index contributed by atoms with van der Waals surface area (Å²) in [5, 5.41) is 16.7. The number of amides is 2. The van der Waals surface area contributed by atoms with Crippen molar-refractivity contribution in [1.29, 1.82) is 5.26 Å². The Morgan fingerprint density at radius 2 is 1.74 bits per heavy atom. The Hall–Kier alpha value is -4.00. The molecule has 0 aliphatic heterocycles. The summed E-state index contributed by atoms with van der Waals surface area (Å²) in [6, 6.07) is 14.9. The molecule has 176 valence electrons.